The summed E-state index contributed by atoms with van der Waals surface area (Å²) in [5.41, 5.74) is 3.91. The molecule has 1 aliphatic rings. The fourth-order valence-electron chi connectivity index (χ4n) is 3.12. The number of hydrogen-bond acceptors (Lipinski definition) is 4. The minimum absolute atomic E-state index is 0.000286. The van der Waals surface area contributed by atoms with E-state index >= 15 is 0 Å². The van der Waals surface area contributed by atoms with Crippen molar-refractivity contribution in [1.29, 1.82) is 0 Å². The van der Waals surface area contributed by atoms with Crippen LogP contribution in [0, 0.1) is 6.92 Å². The number of anilines is 1. The summed E-state index contributed by atoms with van der Waals surface area (Å²) in [7, 11) is 0. The monoisotopic (exact) mass is 332 g/mol. The molecule has 5 nitrogen and oxygen atoms in total. The average molecular weight is 332 g/mol. The first kappa shape index (κ1) is 15.3. The van der Waals surface area contributed by atoms with Gasteiger partial charge in [0.1, 0.15) is 23.8 Å². The minimum atomic E-state index is -0.335. The first-order chi connectivity index (χ1) is 12.1. The summed E-state index contributed by atoms with van der Waals surface area (Å²) >= 11 is 0. The van der Waals surface area contributed by atoms with Gasteiger partial charge >= 0.3 is 11.7 Å². The van der Waals surface area contributed by atoms with E-state index in [1.165, 1.54) is 0 Å². The molecule has 25 heavy (non-hydrogen) atoms. The Kier molecular flexibility index (Phi) is 3.69. The van der Waals surface area contributed by atoms with Crippen molar-refractivity contribution in [2.75, 3.05) is 5.32 Å². The highest BCUT2D eigenvalue weighted by Gasteiger charge is 2.38. The van der Waals surface area contributed by atoms with Crippen LogP contribution in [0.25, 0.3) is 11.3 Å². The van der Waals surface area contributed by atoms with Crippen LogP contribution in [0.3, 0.4) is 0 Å². The van der Waals surface area contributed by atoms with E-state index < -0.39 is 0 Å². The second-order valence-electron chi connectivity index (χ2n) is 6.25. The Bertz CT molecular complexity index is 951. The number of benzene rings is 2. The Morgan fingerprint density at radius 2 is 1.92 bits per heavy atom. The van der Waals surface area contributed by atoms with Gasteiger partial charge in [0.2, 0.25) is 0 Å². The maximum absolute atomic E-state index is 12.8. The van der Waals surface area contributed by atoms with Gasteiger partial charge in [-0.1, -0.05) is 36.4 Å². The molecule has 0 spiro atoms. The molecule has 1 aliphatic heterocycles. The van der Waals surface area contributed by atoms with Crippen LogP contribution in [0.1, 0.15) is 15.9 Å². The average Bonchev–Trinajstić information content (AvgIpc) is 2.93. The molecule has 2 N–H and O–H groups in total. The smallest absolute Gasteiger partial charge is 0.359 e. The van der Waals surface area contributed by atoms with Gasteiger partial charge in [-0.25, -0.2) is 9.78 Å². The molecule has 0 fully saturated rings. The van der Waals surface area contributed by atoms with Crippen molar-refractivity contribution in [3.8, 4) is 17.0 Å². The number of nitrogens with one attached hydrogen (secondary N) is 1. The topological polar surface area (TPSA) is 66.1 Å². The molecule has 0 amide bonds. The van der Waals surface area contributed by atoms with Crippen LogP contribution in [-0.2, 0) is 6.42 Å². The van der Waals surface area contributed by atoms with Crippen molar-refractivity contribution in [2.24, 2.45) is 0 Å². The van der Waals surface area contributed by atoms with Gasteiger partial charge in [0.05, 0.1) is 0 Å². The first-order valence-corrected chi connectivity index (χ1v) is 8.18. The quantitative estimate of drug-likeness (QED) is 0.724. The zero-order chi connectivity index (χ0) is 17.4. The van der Waals surface area contributed by atoms with Crippen molar-refractivity contribution in [3.63, 3.8) is 0 Å². The molecule has 0 aliphatic carbocycles. The Morgan fingerprint density at radius 3 is 2.68 bits per heavy atom. The standard InChI is InChI=1S/C20H17N3O2/c1-13-4-2-3-5-16(13)18-12-23-19(11-21-18)22-17(20(23)25)10-14-6-8-15(24)9-7-14/h2-9,11-12,17,24H,10H2,1H3/p+1. The molecule has 0 bridgehead atoms. The van der Waals surface area contributed by atoms with Crippen LogP contribution in [0.15, 0.2) is 60.9 Å². The van der Waals surface area contributed by atoms with Gasteiger partial charge in [-0.2, -0.15) is 4.57 Å². The summed E-state index contributed by atoms with van der Waals surface area (Å²) in [5, 5.41) is 12.6. The maximum Gasteiger partial charge on any atom is 0.359 e. The molecule has 1 aromatic heterocycles. The Balaban J connectivity index is 1.61. The van der Waals surface area contributed by atoms with E-state index in [-0.39, 0.29) is 17.7 Å². The molecule has 1 atom stereocenters. The van der Waals surface area contributed by atoms with Crippen molar-refractivity contribution >= 4 is 11.7 Å². The van der Waals surface area contributed by atoms with E-state index in [1.807, 2.05) is 43.3 Å². The van der Waals surface area contributed by atoms with Gasteiger partial charge in [0.25, 0.3) is 0 Å². The highest BCUT2D eigenvalue weighted by Crippen LogP contribution is 2.22. The van der Waals surface area contributed by atoms with E-state index in [0.717, 1.165) is 22.4 Å². The summed E-state index contributed by atoms with van der Waals surface area (Å²) in [6.07, 6.45) is 4.06. The van der Waals surface area contributed by atoms with Gasteiger partial charge in [-0.05, 0) is 30.2 Å². The number of aromatic nitrogens is 2. The van der Waals surface area contributed by atoms with Crippen molar-refractivity contribution < 1.29 is 14.5 Å². The maximum atomic E-state index is 12.8. The van der Waals surface area contributed by atoms with Gasteiger partial charge in [-0.15, -0.1) is 0 Å². The molecule has 3 aromatic rings. The molecular formula is C20H18N3O2+. The number of aryl methyl sites for hydroxylation is 1. The normalized spacial score (nSPS) is 15.7. The molecule has 0 radical (unpaired) electrons. The molecule has 5 heteroatoms. The number of aromatic hydroxyl groups is 1. The zero-order valence-electron chi connectivity index (χ0n) is 13.8. The Morgan fingerprint density at radius 1 is 1.16 bits per heavy atom. The molecule has 1 unspecified atom stereocenters. The largest absolute Gasteiger partial charge is 0.508 e. The summed E-state index contributed by atoms with van der Waals surface area (Å²) in [6.45, 7) is 2.03. The summed E-state index contributed by atoms with van der Waals surface area (Å²) < 4.78 is 1.64. The Hall–Kier alpha value is -3.21. The van der Waals surface area contributed by atoms with Crippen LogP contribution < -0.4 is 9.88 Å². The SMILES string of the molecule is Cc1ccccc1-c1c[n+]2c(cn1)NC(Cc1ccc(O)cc1)C2=O. The fraction of sp³-hybridized carbons (Fsp3) is 0.150. The number of phenols is 1. The van der Waals surface area contributed by atoms with Gasteiger partial charge < -0.3 is 5.11 Å². The molecule has 0 saturated carbocycles. The lowest BCUT2D eigenvalue weighted by atomic mass is 10.1. The summed E-state index contributed by atoms with van der Waals surface area (Å²) in [6, 6.07) is 14.6. The molecular weight excluding hydrogens is 314 g/mol. The van der Waals surface area contributed by atoms with E-state index in [1.54, 1.807) is 29.1 Å². The van der Waals surface area contributed by atoms with Crippen LogP contribution in [0.5, 0.6) is 5.75 Å². The number of carbonyl (C=O) groups is 1. The van der Waals surface area contributed by atoms with Crippen molar-refractivity contribution in [2.45, 2.75) is 19.4 Å². The fourth-order valence-corrected chi connectivity index (χ4v) is 3.12. The molecule has 4 rings (SSSR count). The van der Waals surface area contributed by atoms with Crippen LogP contribution >= 0.6 is 0 Å². The highest BCUT2D eigenvalue weighted by atomic mass is 16.3. The lowest BCUT2D eigenvalue weighted by Gasteiger charge is -2.04. The Labute approximate surface area is 145 Å². The lowest BCUT2D eigenvalue weighted by molar-refractivity contribution is -0.552. The second kappa shape index (κ2) is 6.02. The van der Waals surface area contributed by atoms with E-state index in [4.69, 9.17) is 0 Å². The zero-order valence-corrected chi connectivity index (χ0v) is 13.8. The van der Waals surface area contributed by atoms with Crippen LogP contribution in [0.2, 0.25) is 0 Å². The third-order valence-corrected chi connectivity index (χ3v) is 4.49. The number of carbonyl (C=O) groups excluding carboxylic acids is 1. The molecule has 2 heterocycles. The predicted molar refractivity (Wildman–Crippen MR) is 94.5 cm³/mol. The van der Waals surface area contributed by atoms with Crippen molar-refractivity contribution in [1.82, 2.24) is 4.98 Å². The molecule has 2 aromatic carbocycles. The van der Waals surface area contributed by atoms with Crippen LogP contribution in [-0.4, -0.2) is 22.0 Å². The third kappa shape index (κ3) is 2.85. The lowest BCUT2D eigenvalue weighted by Crippen LogP contribution is -2.43. The number of fused-ring (bicyclic) bond motifs is 1. The minimum Gasteiger partial charge on any atom is -0.508 e. The van der Waals surface area contributed by atoms with Gasteiger partial charge in [-0.3, -0.25) is 5.32 Å². The van der Waals surface area contributed by atoms with Gasteiger partial charge in [0, 0.05) is 12.0 Å². The van der Waals surface area contributed by atoms with Crippen LogP contribution in [0.4, 0.5) is 5.82 Å². The van der Waals surface area contributed by atoms with E-state index in [0.29, 0.717) is 12.2 Å². The number of nitrogens with zero attached hydrogens (tertiary/aromatic N) is 2. The number of rotatable bonds is 3. The molecule has 124 valence electrons. The third-order valence-electron chi connectivity index (χ3n) is 4.49. The highest BCUT2D eigenvalue weighted by molar-refractivity contribution is 5.82. The summed E-state index contributed by atoms with van der Waals surface area (Å²) in [5.74, 6) is 0.922. The number of hydrogen-bond donors (Lipinski definition) is 2. The van der Waals surface area contributed by atoms with Crippen molar-refractivity contribution in [3.05, 3.63) is 72.1 Å². The van der Waals surface area contributed by atoms with Gasteiger partial charge in [0.15, 0.2) is 6.04 Å². The van der Waals surface area contributed by atoms with E-state index in [2.05, 4.69) is 10.3 Å². The summed E-state index contributed by atoms with van der Waals surface area (Å²) in [4.78, 5) is 17.3. The first-order valence-electron chi connectivity index (χ1n) is 8.18. The molecule has 0 saturated heterocycles. The van der Waals surface area contributed by atoms with E-state index in [9.17, 15) is 9.90 Å². The predicted octanol–water partition coefficient (Wildman–Crippen LogP) is 2.73. The second-order valence-corrected chi connectivity index (χ2v) is 6.25. The number of phenolic OH excluding ortho intramolecular Hbond substituents is 1.